The maximum Gasteiger partial charge on any atom is 0.271 e. The molecule has 1 atom stereocenters. The highest BCUT2D eigenvalue weighted by Gasteiger charge is 2.23. The molecule has 10 heteroatoms. The Morgan fingerprint density at radius 1 is 1.19 bits per heavy atom. The largest absolute Gasteiger partial charge is 0.497 e. The van der Waals surface area contributed by atoms with Gasteiger partial charge >= 0.3 is 0 Å². The summed E-state index contributed by atoms with van der Waals surface area (Å²) in [7, 11) is -2.47. The van der Waals surface area contributed by atoms with E-state index in [0.717, 1.165) is 0 Å². The third-order valence-corrected chi connectivity index (χ3v) is 5.34. The van der Waals surface area contributed by atoms with Gasteiger partial charge in [0, 0.05) is 12.1 Å². The maximum absolute atomic E-state index is 12.4. The summed E-state index contributed by atoms with van der Waals surface area (Å²) in [4.78, 5) is 22.6. The predicted molar refractivity (Wildman–Crippen MR) is 99.2 cm³/mol. The van der Waals surface area contributed by atoms with Gasteiger partial charge in [0.15, 0.2) is 0 Å². The Hall–Kier alpha value is -2.98. The molecule has 2 N–H and O–H groups in total. The molecule has 27 heavy (non-hydrogen) atoms. The number of hydrogen-bond acceptors (Lipinski definition) is 6. The summed E-state index contributed by atoms with van der Waals surface area (Å²) in [6.45, 7) is 3.05. The summed E-state index contributed by atoms with van der Waals surface area (Å²) >= 11 is 0. The van der Waals surface area contributed by atoms with Crippen molar-refractivity contribution in [3.8, 4) is 5.75 Å². The minimum absolute atomic E-state index is 0.0190. The standard InChI is InChI=1S/C17H19N3O6S/c1-11-4-5-13(20(22)23)10-16(11)18-17(21)12(2)19-27(24,25)15-8-6-14(26-3)7-9-15/h4-10,12,19H,1-3H3,(H,18,21). The number of nitro benzene ring substituents is 1. The molecule has 2 aromatic carbocycles. The van der Waals surface area contributed by atoms with Crippen LogP contribution in [0.5, 0.6) is 5.75 Å². The normalized spacial score (nSPS) is 12.3. The fourth-order valence-electron chi connectivity index (χ4n) is 2.21. The highest BCUT2D eigenvalue weighted by atomic mass is 32.2. The molecule has 0 aliphatic carbocycles. The number of aryl methyl sites for hydroxylation is 1. The Morgan fingerprint density at radius 3 is 2.37 bits per heavy atom. The zero-order valence-corrected chi connectivity index (χ0v) is 15.7. The first-order valence-electron chi connectivity index (χ1n) is 7.86. The Morgan fingerprint density at radius 2 is 1.81 bits per heavy atom. The third kappa shape index (κ3) is 5.02. The van der Waals surface area contributed by atoms with Gasteiger partial charge in [0.1, 0.15) is 5.75 Å². The molecule has 0 fully saturated rings. The Balaban J connectivity index is 2.13. The molecule has 9 nitrogen and oxygen atoms in total. The molecule has 144 valence electrons. The number of carbonyl (C=O) groups excluding carboxylic acids is 1. The first-order valence-corrected chi connectivity index (χ1v) is 9.34. The fourth-order valence-corrected chi connectivity index (χ4v) is 3.41. The second-order valence-electron chi connectivity index (χ2n) is 5.76. The topological polar surface area (TPSA) is 128 Å². The van der Waals surface area contributed by atoms with E-state index in [4.69, 9.17) is 4.74 Å². The molecule has 1 unspecified atom stereocenters. The van der Waals surface area contributed by atoms with Crippen LogP contribution in [0.4, 0.5) is 11.4 Å². The van der Waals surface area contributed by atoms with Gasteiger partial charge in [-0.2, -0.15) is 4.72 Å². The van der Waals surface area contributed by atoms with Crippen LogP contribution in [0.2, 0.25) is 0 Å². The number of ether oxygens (including phenoxy) is 1. The smallest absolute Gasteiger partial charge is 0.271 e. The van der Waals surface area contributed by atoms with E-state index < -0.39 is 26.9 Å². The minimum atomic E-state index is -3.93. The quantitative estimate of drug-likeness (QED) is 0.548. The summed E-state index contributed by atoms with van der Waals surface area (Å²) in [6.07, 6.45) is 0. The molecule has 1 amide bonds. The van der Waals surface area contributed by atoms with Crippen molar-refractivity contribution in [2.45, 2.75) is 24.8 Å². The summed E-state index contributed by atoms with van der Waals surface area (Å²) in [5.74, 6) is -0.142. The van der Waals surface area contributed by atoms with Crippen molar-refractivity contribution in [2.75, 3.05) is 12.4 Å². The third-order valence-electron chi connectivity index (χ3n) is 3.78. The van der Waals surface area contributed by atoms with Gasteiger partial charge in [0.25, 0.3) is 5.69 Å². The average Bonchev–Trinajstić information content (AvgIpc) is 2.62. The van der Waals surface area contributed by atoms with Gasteiger partial charge in [-0.25, -0.2) is 8.42 Å². The molecule has 0 aromatic heterocycles. The fraction of sp³-hybridized carbons (Fsp3) is 0.235. The molecule has 2 aromatic rings. The van der Waals surface area contributed by atoms with E-state index in [1.165, 1.54) is 56.5 Å². The molecular formula is C17H19N3O6S. The zero-order chi connectivity index (χ0) is 20.2. The first-order chi connectivity index (χ1) is 12.6. The van der Waals surface area contributed by atoms with Crippen LogP contribution in [0, 0.1) is 17.0 Å². The number of amides is 1. The van der Waals surface area contributed by atoms with Crippen LogP contribution in [-0.2, 0) is 14.8 Å². The lowest BCUT2D eigenvalue weighted by molar-refractivity contribution is -0.384. The van der Waals surface area contributed by atoms with Gasteiger partial charge in [-0.3, -0.25) is 14.9 Å². The summed E-state index contributed by atoms with van der Waals surface area (Å²) in [5.41, 5.74) is 0.672. The highest BCUT2D eigenvalue weighted by Crippen LogP contribution is 2.22. The van der Waals surface area contributed by atoms with Crippen molar-refractivity contribution < 1.29 is 22.9 Å². The van der Waals surface area contributed by atoms with E-state index in [1.807, 2.05) is 0 Å². The Kier molecular flexibility index (Phi) is 6.13. The first kappa shape index (κ1) is 20.3. The van der Waals surface area contributed by atoms with E-state index in [-0.39, 0.29) is 16.3 Å². The zero-order valence-electron chi connectivity index (χ0n) is 14.9. The van der Waals surface area contributed by atoms with Crippen LogP contribution in [0.25, 0.3) is 0 Å². The Bertz CT molecular complexity index is 957. The van der Waals surface area contributed by atoms with Crippen LogP contribution >= 0.6 is 0 Å². The highest BCUT2D eigenvalue weighted by molar-refractivity contribution is 7.89. The molecule has 0 heterocycles. The van der Waals surface area contributed by atoms with E-state index in [9.17, 15) is 23.3 Å². The number of anilines is 1. The lowest BCUT2D eigenvalue weighted by Crippen LogP contribution is -2.41. The number of rotatable bonds is 7. The summed E-state index contributed by atoms with van der Waals surface area (Å²) in [5, 5.41) is 13.4. The molecule has 0 aliphatic rings. The van der Waals surface area contributed by atoms with Crippen LogP contribution in [0.15, 0.2) is 47.4 Å². The number of carbonyl (C=O) groups is 1. The number of nitrogens with zero attached hydrogens (tertiary/aromatic N) is 1. The number of sulfonamides is 1. The van der Waals surface area contributed by atoms with Crippen molar-refractivity contribution in [2.24, 2.45) is 0 Å². The number of nitro groups is 1. The van der Waals surface area contributed by atoms with Crippen molar-refractivity contribution in [3.05, 3.63) is 58.1 Å². The molecule has 0 saturated heterocycles. The van der Waals surface area contributed by atoms with Gasteiger partial charge in [0.05, 0.1) is 28.7 Å². The number of methoxy groups -OCH3 is 1. The summed E-state index contributed by atoms with van der Waals surface area (Å²) < 4.78 is 32.0. The average molecular weight is 393 g/mol. The molecular weight excluding hydrogens is 374 g/mol. The monoisotopic (exact) mass is 393 g/mol. The number of hydrogen-bond donors (Lipinski definition) is 2. The lowest BCUT2D eigenvalue weighted by Gasteiger charge is -2.15. The van der Waals surface area contributed by atoms with Gasteiger partial charge in [-0.15, -0.1) is 0 Å². The maximum atomic E-state index is 12.4. The molecule has 0 spiro atoms. The lowest BCUT2D eigenvalue weighted by atomic mass is 10.1. The number of benzene rings is 2. The molecule has 2 rings (SSSR count). The molecule has 0 radical (unpaired) electrons. The van der Waals surface area contributed by atoms with E-state index in [2.05, 4.69) is 10.0 Å². The van der Waals surface area contributed by atoms with Gasteiger partial charge < -0.3 is 10.1 Å². The van der Waals surface area contributed by atoms with E-state index in [0.29, 0.717) is 11.3 Å². The van der Waals surface area contributed by atoms with Crippen molar-refractivity contribution in [1.82, 2.24) is 4.72 Å². The van der Waals surface area contributed by atoms with Crippen molar-refractivity contribution in [3.63, 3.8) is 0 Å². The number of nitrogens with one attached hydrogen (secondary N) is 2. The SMILES string of the molecule is COc1ccc(S(=O)(=O)NC(C)C(=O)Nc2cc([N+](=O)[O-])ccc2C)cc1. The molecule has 0 saturated carbocycles. The molecule has 0 bridgehead atoms. The van der Waals surface area contributed by atoms with Gasteiger partial charge in [-0.1, -0.05) is 6.07 Å². The Labute approximate surface area is 156 Å². The van der Waals surface area contributed by atoms with Crippen LogP contribution in [0.3, 0.4) is 0 Å². The van der Waals surface area contributed by atoms with E-state index in [1.54, 1.807) is 6.92 Å². The second kappa shape index (κ2) is 8.14. The summed E-state index contributed by atoms with van der Waals surface area (Å²) in [6, 6.07) is 8.64. The van der Waals surface area contributed by atoms with Crippen molar-refractivity contribution in [1.29, 1.82) is 0 Å². The van der Waals surface area contributed by atoms with Crippen LogP contribution in [-0.4, -0.2) is 32.4 Å². The second-order valence-corrected chi connectivity index (χ2v) is 7.48. The predicted octanol–water partition coefficient (Wildman–Crippen LogP) is 2.22. The molecule has 0 aliphatic heterocycles. The van der Waals surface area contributed by atoms with Crippen molar-refractivity contribution >= 4 is 27.3 Å². The number of non-ortho nitro benzene ring substituents is 1. The minimum Gasteiger partial charge on any atom is -0.497 e. The van der Waals surface area contributed by atoms with E-state index >= 15 is 0 Å². The van der Waals surface area contributed by atoms with Crippen LogP contribution < -0.4 is 14.8 Å². The van der Waals surface area contributed by atoms with Crippen LogP contribution in [0.1, 0.15) is 12.5 Å². The van der Waals surface area contributed by atoms with Gasteiger partial charge in [-0.05, 0) is 43.7 Å². The van der Waals surface area contributed by atoms with Gasteiger partial charge in [0.2, 0.25) is 15.9 Å².